The molecule has 4 heterocycles. The van der Waals surface area contributed by atoms with Crippen LogP contribution in [-0.2, 0) is 10.2 Å². The highest BCUT2D eigenvalue weighted by Crippen LogP contribution is 2.62. The van der Waals surface area contributed by atoms with Crippen molar-refractivity contribution in [1.82, 2.24) is 9.88 Å². The molecule has 8 heteroatoms. The molecule has 3 aliphatic heterocycles. The van der Waals surface area contributed by atoms with Crippen molar-refractivity contribution in [3.05, 3.63) is 125 Å². The Morgan fingerprint density at radius 3 is 2.45 bits per heavy atom. The van der Waals surface area contributed by atoms with Crippen LogP contribution in [0.1, 0.15) is 43.4 Å². The molecule has 0 saturated carbocycles. The quantitative estimate of drug-likeness (QED) is 0.330. The Hall–Kier alpha value is -5.24. The molecule has 208 valence electrons. The van der Waals surface area contributed by atoms with E-state index in [1.807, 2.05) is 65.7 Å². The number of fused-ring (bicyclic) bond motifs is 6. The van der Waals surface area contributed by atoms with Gasteiger partial charge in [-0.3, -0.25) is 19.4 Å². The van der Waals surface area contributed by atoms with E-state index in [0.29, 0.717) is 33.9 Å². The predicted octanol–water partition coefficient (Wildman–Crippen LogP) is 5.08. The summed E-state index contributed by atoms with van der Waals surface area (Å²) in [7, 11) is 3.03. The second kappa shape index (κ2) is 9.69. The Bertz CT molecular complexity index is 1790. The number of nitrogens with one attached hydrogen (secondary N) is 1. The first-order valence-corrected chi connectivity index (χ1v) is 13.7. The molecule has 0 radical (unpaired) electrons. The topological polar surface area (TPSA) is 97.8 Å². The molecular formula is C34H27N3O5. The van der Waals surface area contributed by atoms with Gasteiger partial charge in [-0.1, -0.05) is 42.5 Å². The molecule has 3 aromatic carbocycles. The maximum Gasteiger partial charge on any atom is 0.238 e. The fourth-order valence-electron chi connectivity index (χ4n) is 7.02. The monoisotopic (exact) mass is 557 g/mol. The number of aromatic nitrogens is 1. The average molecular weight is 558 g/mol. The highest BCUT2D eigenvalue weighted by atomic mass is 16.5. The third kappa shape index (κ3) is 3.48. The van der Waals surface area contributed by atoms with Crippen molar-refractivity contribution in [2.24, 2.45) is 5.92 Å². The molecule has 0 unspecified atom stereocenters. The van der Waals surface area contributed by atoms with Crippen LogP contribution in [0.25, 0.3) is 6.08 Å². The fourth-order valence-corrected chi connectivity index (χ4v) is 7.02. The minimum absolute atomic E-state index is 0.304. The van der Waals surface area contributed by atoms with Crippen molar-refractivity contribution in [2.45, 2.75) is 17.5 Å². The molecule has 42 heavy (non-hydrogen) atoms. The van der Waals surface area contributed by atoms with Crippen molar-refractivity contribution in [3.63, 3.8) is 0 Å². The molecule has 1 aromatic heterocycles. The lowest BCUT2D eigenvalue weighted by atomic mass is 9.62. The molecule has 0 bridgehead atoms. The summed E-state index contributed by atoms with van der Waals surface area (Å²) in [5.41, 5.74) is 2.41. The van der Waals surface area contributed by atoms with Crippen molar-refractivity contribution >= 4 is 29.2 Å². The standard InChI is InChI=1S/C34H27N3O5/c1-41-26-14-13-21(18-27(26)42-2)31(39)29-28(30(38)22-9-7-16-35-19-22)34(24-11-5-6-12-25(24)36-33(34)40)32-23-10-4-3-8-20(23)15-17-37(29)32/h3-19,28-29,32H,1-2H3,(H,36,40)/t28-,29-,32-,34+/m1/s1. The van der Waals surface area contributed by atoms with Crippen LogP contribution in [0.15, 0.2) is 97.5 Å². The van der Waals surface area contributed by atoms with Gasteiger partial charge in [0.05, 0.1) is 26.2 Å². The van der Waals surface area contributed by atoms with Gasteiger partial charge >= 0.3 is 0 Å². The number of ether oxygens (including phenoxy) is 2. The molecule has 8 nitrogen and oxygen atoms in total. The number of methoxy groups -OCH3 is 2. The number of ketones is 2. The zero-order valence-corrected chi connectivity index (χ0v) is 23.0. The lowest BCUT2D eigenvalue weighted by Gasteiger charge is -2.38. The van der Waals surface area contributed by atoms with Crippen LogP contribution in [-0.4, -0.2) is 47.6 Å². The molecule has 1 fully saturated rings. The Balaban J connectivity index is 1.52. The smallest absolute Gasteiger partial charge is 0.238 e. The SMILES string of the molecule is COc1ccc(C(=O)[C@H]2[C@H](C(=O)c3cccnc3)[C@]3(C(=O)Nc4ccccc43)[C@H]3c4ccccc4C=CN23)cc1OC. The number of nitrogens with zero attached hydrogens (tertiary/aromatic N) is 2. The number of para-hydroxylation sites is 1. The minimum atomic E-state index is -1.40. The first kappa shape index (κ1) is 25.7. The van der Waals surface area contributed by atoms with Gasteiger partial charge in [-0.15, -0.1) is 0 Å². The van der Waals surface area contributed by atoms with E-state index >= 15 is 0 Å². The molecular weight excluding hydrogens is 530 g/mol. The highest BCUT2D eigenvalue weighted by Gasteiger charge is 2.70. The summed E-state index contributed by atoms with van der Waals surface area (Å²) in [5, 5.41) is 3.06. The van der Waals surface area contributed by atoms with Crippen molar-refractivity contribution in [2.75, 3.05) is 19.5 Å². The number of benzene rings is 3. The summed E-state index contributed by atoms with van der Waals surface area (Å²) in [4.78, 5) is 50.0. The molecule has 1 spiro atoms. The number of hydrogen-bond acceptors (Lipinski definition) is 7. The summed E-state index contributed by atoms with van der Waals surface area (Å²) >= 11 is 0. The van der Waals surface area contributed by atoms with E-state index in [1.165, 1.54) is 20.4 Å². The summed E-state index contributed by atoms with van der Waals surface area (Å²) in [6.45, 7) is 0. The van der Waals surface area contributed by atoms with E-state index < -0.39 is 23.4 Å². The molecule has 1 N–H and O–H groups in total. The van der Waals surface area contributed by atoms with Crippen molar-refractivity contribution in [3.8, 4) is 11.5 Å². The Morgan fingerprint density at radius 2 is 1.67 bits per heavy atom. The number of hydrogen-bond donors (Lipinski definition) is 1. The average Bonchev–Trinajstić information content (AvgIpc) is 3.52. The van der Waals surface area contributed by atoms with Gasteiger partial charge in [0, 0.05) is 35.4 Å². The van der Waals surface area contributed by atoms with Crippen molar-refractivity contribution < 1.29 is 23.9 Å². The Kier molecular flexibility index (Phi) is 5.93. The lowest BCUT2D eigenvalue weighted by Crippen LogP contribution is -2.49. The van der Waals surface area contributed by atoms with Gasteiger partial charge in [0.1, 0.15) is 11.5 Å². The van der Waals surface area contributed by atoms with Gasteiger partial charge in [0.25, 0.3) is 0 Å². The second-order valence-electron chi connectivity index (χ2n) is 10.6. The molecule has 4 atom stereocenters. The van der Waals surface area contributed by atoms with Gasteiger partial charge in [-0.25, -0.2) is 0 Å². The van der Waals surface area contributed by atoms with E-state index in [4.69, 9.17) is 9.47 Å². The summed E-state index contributed by atoms with van der Waals surface area (Å²) in [6, 6.07) is 22.0. The summed E-state index contributed by atoms with van der Waals surface area (Å²) in [6.07, 6.45) is 6.87. The zero-order chi connectivity index (χ0) is 29.0. The molecule has 1 amide bonds. The fraction of sp³-hybridized carbons (Fsp3) is 0.176. The Morgan fingerprint density at radius 1 is 0.881 bits per heavy atom. The van der Waals surface area contributed by atoms with Crippen LogP contribution in [0.3, 0.4) is 0 Å². The van der Waals surface area contributed by atoms with Gasteiger partial charge in [0.2, 0.25) is 5.91 Å². The van der Waals surface area contributed by atoms with Crippen LogP contribution >= 0.6 is 0 Å². The minimum Gasteiger partial charge on any atom is -0.493 e. The highest BCUT2D eigenvalue weighted by molar-refractivity contribution is 6.16. The van der Waals surface area contributed by atoms with Crippen LogP contribution in [0.2, 0.25) is 0 Å². The molecule has 4 aromatic rings. The largest absolute Gasteiger partial charge is 0.493 e. The number of Topliss-reactive ketones (excluding diaryl/α,β-unsaturated/α-hetero) is 2. The third-order valence-corrected chi connectivity index (χ3v) is 8.74. The van der Waals surface area contributed by atoms with Crippen molar-refractivity contribution in [1.29, 1.82) is 0 Å². The van der Waals surface area contributed by atoms with Gasteiger partial charge < -0.3 is 19.7 Å². The van der Waals surface area contributed by atoms with E-state index in [-0.39, 0.29) is 17.5 Å². The van der Waals surface area contributed by atoms with Crippen LogP contribution < -0.4 is 14.8 Å². The molecule has 1 saturated heterocycles. The summed E-state index contributed by atoms with van der Waals surface area (Å²) in [5.74, 6) is -1.14. The zero-order valence-electron chi connectivity index (χ0n) is 23.0. The van der Waals surface area contributed by atoms with Crippen LogP contribution in [0, 0.1) is 5.92 Å². The number of rotatable bonds is 6. The molecule has 7 rings (SSSR count). The Labute approximate surface area is 242 Å². The number of carbonyl (C=O) groups is 3. The molecule has 0 aliphatic carbocycles. The third-order valence-electron chi connectivity index (χ3n) is 8.74. The number of carbonyl (C=O) groups excluding carboxylic acids is 3. The number of amides is 1. The van der Waals surface area contributed by atoms with Gasteiger partial charge in [-0.2, -0.15) is 0 Å². The summed E-state index contributed by atoms with van der Waals surface area (Å²) < 4.78 is 10.9. The maximum atomic E-state index is 14.7. The lowest BCUT2D eigenvalue weighted by molar-refractivity contribution is -0.122. The first-order chi connectivity index (χ1) is 20.5. The maximum absolute atomic E-state index is 14.7. The van der Waals surface area contributed by atoms with E-state index in [1.54, 1.807) is 36.5 Å². The van der Waals surface area contributed by atoms with E-state index in [9.17, 15) is 14.4 Å². The molecule has 3 aliphatic rings. The van der Waals surface area contributed by atoms with Gasteiger partial charge in [0.15, 0.2) is 23.1 Å². The van der Waals surface area contributed by atoms with Gasteiger partial charge in [-0.05, 0) is 59.2 Å². The predicted molar refractivity (Wildman–Crippen MR) is 157 cm³/mol. The normalized spacial score (nSPS) is 23.1. The number of anilines is 1. The van der Waals surface area contributed by atoms with Crippen LogP contribution in [0.4, 0.5) is 5.69 Å². The van der Waals surface area contributed by atoms with E-state index in [0.717, 1.165) is 11.1 Å². The second-order valence-corrected chi connectivity index (χ2v) is 10.6. The number of pyridine rings is 1. The first-order valence-electron chi connectivity index (χ1n) is 13.7. The van der Waals surface area contributed by atoms with Crippen LogP contribution in [0.5, 0.6) is 11.5 Å². The van der Waals surface area contributed by atoms with E-state index in [2.05, 4.69) is 10.3 Å².